The Morgan fingerprint density at radius 2 is 1.52 bits per heavy atom. The lowest BCUT2D eigenvalue weighted by Gasteiger charge is -2.24. The third-order valence-electron chi connectivity index (χ3n) is 4.14. The zero-order chi connectivity index (χ0) is 17.3. The minimum absolute atomic E-state index is 0.0321. The lowest BCUT2D eigenvalue weighted by molar-refractivity contribution is -0.289. The van der Waals surface area contributed by atoms with Gasteiger partial charge in [-0.2, -0.15) is 22.0 Å². The zero-order valence-corrected chi connectivity index (χ0v) is 12.5. The van der Waals surface area contributed by atoms with Gasteiger partial charge in [-0.25, -0.2) is 0 Å². The summed E-state index contributed by atoms with van der Waals surface area (Å²) in [7, 11) is 0. The number of alkyl halides is 5. The van der Waals surface area contributed by atoms with Crippen LogP contribution in [-0.4, -0.2) is 12.1 Å². The lowest BCUT2D eigenvalue weighted by Crippen LogP contribution is -2.33. The van der Waals surface area contributed by atoms with Gasteiger partial charge in [-0.15, -0.1) is 0 Å². The Labute approximate surface area is 130 Å². The molecule has 0 bridgehead atoms. The number of ether oxygens (including phenoxy) is 1. The van der Waals surface area contributed by atoms with Crippen LogP contribution in [0.4, 0.5) is 22.0 Å². The largest absolute Gasteiger partial charge is 0.458 e. The van der Waals surface area contributed by atoms with Gasteiger partial charge in [0.15, 0.2) is 0 Å². The number of esters is 1. The molecule has 0 N–H and O–H groups in total. The Kier molecular flexibility index (Phi) is 4.96. The maximum atomic E-state index is 13.2. The van der Waals surface area contributed by atoms with Crippen LogP contribution in [0, 0.1) is 11.8 Å². The maximum Gasteiger partial charge on any atom is 0.458 e. The van der Waals surface area contributed by atoms with E-state index in [2.05, 4.69) is 6.92 Å². The van der Waals surface area contributed by atoms with Crippen molar-refractivity contribution >= 4 is 5.97 Å². The molecule has 0 amide bonds. The molecule has 23 heavy (non-hydrogen) atoms. The number of carbonyl (C=O) groups is 1. The number of carbonyl (C=O) groups excluding carboxylic acids is 1. The molecule has 1 aliphatic carbocycles. The van der Waals surface area contributed by atoms with Crippen molar-refractivity contribution in [3.8, 4) is 5.75 Å². The molecule has 1 aliphatic rings. The first-order chi connectivity index (χ1) is 10.6. The van der Waals surface area contributed by atoms with Crippen molar-refractivity contribution in [2.24, 2.45) is 11.8 Å². The van der Waals surface area contributed by atoms with Gasteiger partial charge in [0, 0.05) is 5.56 Å². The number of halogens is 5. The van der Waals surface area contributed by atoms with Crippen molar-refractivity contribution in [3.63, 3.8) is 0 Å². The van der Waals surface area contributed by atoms with Crippen molar-refractivity contribution in [3.05, 3.63) is 29.8 Å². The summed E-state index contributed by atoms with van der Waals surface area (Å²) in [4.78, 5) is 12.0. The summed E-state index contributed by atoms with van der Waals surface area (Å²) >= 11 is 0. The normalized spacial score (nSPS) is 22.7. The molecule has 0 saturated heterocycles. The number of hydrogen-bond donors (Lipinski definition) is 0. The van der Waals surface area contributed by atoms with Gasteiger partial charge in [-0.3, -0.25) is 4.79 Å². The second-order valence-electron chi connectivity index (χ2n) is 5.97. The minimum atomic E-state index is -5.66. The zero-order valence-electron chi connectivity index (χ0n) is 12.5. The van der Waals surface area contributed by atoms with E-state index >= 15 is 0 Å². The van der Waals surface area contributed by atoms with Gasteiger partial charge < -0.3 is 4.74 Å². The Morgan fingerprint density at radius 1 is 1.00 bits per heavy atom. The Bertz CT molecular complexity index is 543. The predicted octanol–water partition coefficient (Wildman–Crippen LogP) is 5.07. The second-order valence-corrected chi connectivity index (χ2v) is 5.97. The molecule has 2 rings (SSSR count). The summed E-state index contributed by atoms with van der Waals surface area (Å²) in [6, 6.07) is 3.16. The predicted molar refractivity (Wildman–Crippen MR) is 73.1 cm³/mol. The van der Waals surface area contributed by atoms with Crippen molar-refractivity contribution in [1.29, 1.82) is 0 Å². The van der Waals surface area contributed by atoms with Crippen LogP contribution in [-0.2, 0) is 10.7 Å². The number of hydrogen-bond acceptors (Lipinski definition) is 2. The molecule has 7 heteroatoms. The summed E-state index contributed by atoms with van der Waals surface area (Å²) in [5.41, 5.74) is -1.18. The fraction of sp³-hybridized carbons (Fsp3) is 0.562. The third kappa shape index (κ3) is 4.00. The third-order valence-corrected chi connectivity index (χ3v) is 4.14. The average molecular weight is 336 g/mol. The molecule has 0 aromatic heterocycles. The van der Waals surface area contributed by atoms with Crippen LogP contribution in [0.3, 0.4) is 0 Å². The molecule has 0 radical (unpaired) electrons. The van der Waals surface area contributed by atoms with Gasteiger partial charge in [0.25, 0.3) is 0 Å². The van der Waals surface area contributed by atoms with E-state index in [0.29, 0.717) is 30.9 Å². The molecule has 0 heterocycles. The molecule has 128 valence electrons. The molecule has 2 nitrogen and oxygen atoms in total. The quantitative estimate of drug-likeness (QED) is 0.437. The first-order valence-corrected chi connectivity index (χ1v) is 7.38. The summed E-state index contributed by atoms with van der Waals surface area (Å²) in [6.45, 7) is 2.10. The van der Waals surface area contributed by atoms with Crippen molar-refractivity contribution < 1.29 is 31.5 Å². The van der Waals surface area contributed by atoms with E-state index in [1.165, 1.54) is 0 Å². The monoisotopic (exact) mass is 336 g/mol. The molecule has 0 aliphatic heterocycles. The maximum absolute atomic E-state index is 13.2. The molecule has 0 spiro atoms. The first kappa shape index (κ1) is 17.7. The molecule has 1 saturated carbocycles. The van der Waals surface area contributed by atoms with Crippen LogP contribution in [0.5, 0.6) is 5.75 Å². The minimum Gasteiger partial charge on any atom is -0.426 e. The molecule has 1 aromatic carbocycles. The lowest BCUT2D eigenvalue weighted by atomic mass is 9.83. The van der Waals surface area contributed by atoms with Gasteiger partial charge in [0.05, 0.1) is 5.92 Å². The Balaban J connectivity index is 2.02. The number of benzene rings is 1. The van der Waals surface area contributed by atoms with Crippen LogP contribution in [0.1, 0.15) is 38.2 Å². The molecule has 1 aromatic rings. The van der Waals surface area contributed by atoms with E-state index in [4.69, 9.17) is 4.74 Å². The van der Waals surface area contributed by atoms with Crippen molar-refractivity contribution in [2.45, 2.75) is 44.7 Å². The molecular formula is C16H17F5O2. The van der Waals surface area contributed by atoms with Crippen LogP contribution in [0.2, 0.25) is 0 Å². The van der Waals surface area contributed by atoms with E-state index in [-0.39, 0.29) is 11.7 Å². The molecular weight excluding hydrogens is 319 g/mol. The second kappa shape index (κ2) is 6.45. The highest BCUT2D eigenvalue weighted by Crippen LogP contribution is 2.44. The van der Waals surface area contributed by atoms with E-state index in [0.717, 1.165) is 25.0 Å². The van der Waals surface area contributed by atoms with Crippen molar-refractivity contribution in [1.82, 2.24) is 0 Å². The van der Waals surface area contributed by atoms with E-state index < -0.39 is 23.6 Å². The van der Waals surface area contributed by atoms with E-state index in [9.17, 15) is 26.7 Å². The number of rotatable bonds is 3. The average Bonchev–Trinajstić information content (AvgIpc) is 2.47. The van der Waals surface area contributed by atoms with Crippen LogP contribution < -0.4 is 4.74 Å². The fourth-order valence-corrected chi connectivity index (χ4v) is 2.59. The van der Waals surface area contributed by atoms with Crippen LogP contribution in [0.15, 0.2) is 24.3 Å². The highest BCUT2D eigenvalue weighted by atomic mass is 19.4. The van der Waals surface area contributed by atoms with E-state index in [1.807, 2.05) is 0 Å². The topological polar surface area (TPSA) is 26.3 Å². The van der Waals surface area contributed by atoms with Gasteiger partial charge in [0.2, 0.25) is 0 Å². The summed E-state index contributed by atoms with van der Waals surface area (Å²) in [5, 5.41) is 0. The summed E-state index contributed by atoms with van der Waals surface area (Å²) in [6.07, 6.45) is -2.44. The van der Waals surface area contributed by atoms with Gasteiger partial charge in [-0.1, -0.05) is 6.92 Å². The van der Waals surface area contributed by atoms with Crippen LogP contribution in [0.25, 0.3) is 0 Å². The summed E-state index contributed by atoms with van der Waals surface area (Å²) < 4.78 is 68.2. The highest BCUT2D eigenvalue weighted by Gasteiger charge is 2.58. The van der Waals surface area contributed by atoms with Gasteiger partial charge in [-0.05, 0) is 55.9 Å². The molecule has 1 fully saturated rings. The van der Waals surface area contributed by atoms with Gasteiger partial charge >= 0.3 is 18.1 Å². The Morgan fingerprint density at radius 3 is 2.00 bits per heavy atom. The first-order valence-electron chi connectivity index (χ1n) is 7.38. The smallest absolute Gasteiger partial charge is 0.426 e. The summed E-state index contributed by atoms with van der Waals surface area (Å²) in [5.74, 6) is -5.12. The molecule has 0 atom stereocenters. The highest BCUT2D eigenvalue weighted by molar-refractivity contribution is 5.75. The Hall–Kier alpha value is -1.66. The fourth-order valence-electron chi connectivity index (χ4n) is 2.59. The van der Waals surface area contributed by atoms with E-state index in [1.54, 1.807) is 0 Å². The SMILES string of the molecule is C[C@H]1CC[C@H](C(=O)Oc2ccc(C(F)(F)C(F)(F)F)cc2)CC1. The van der Waals surface area contributed by atoms with Crippen molar-refractivity contribution in [2.75, 3.05) is 0 Å². The standard InChI is InChI=1S/C16H17F5O2/c1-10-2-4-11(5-3-10)14(22)23-13-8-6-12(7-9-13)15(17,18)16(19,20)21/h6-11H,2-5H2,1H3/t10-,11-. The van der Waals surface area contributed by atoms with Gasteiger partial charge in [0.1, 0.15) is 5.75 Å². The molecule has 0 unspecified atom stereocenters. The van der Waals surface area contributed by atoms with Crippen LogP contribution >= 0.6 is 0 Å².